The van der Waals surface area contributed by atoms with Crippen LogP contribution < -0.4 is 0 Å². The van der Waals surface area contributed by atoms with Gasteiger partial charge in [-0.3, -0.25) is 0 Å². The first kappa shape index (κ1) is 20.2. The van der Waals surface area contributed by atoms with Gasteiger partial charge in [-0.25, -0.2) is 0 Å². The zero-order valence-corrected chi connectivity index (χ0v) is 17.3. The summed E-state index contributed by atoms with van der Waals surface area (Å²) in [6.45, 7) is 17.0. The summed E-state index contributed by atoms with van der Waals surface area (Å²) in [5.41, 5.74) is 3.74. The molecule has 0 atom stereocenters. The fraction of sp³-hybridized carbons (Fsp3) is 0.619. The molecule has 0 fully saturated rings. The maximum Gasteiger partial charge on any atom is 0.227 e. The quantitative estimate of drug-likeness (QED) is 0.384. The summed E-state index contributed by atoms with van der Waals surface area (Å²) in [4.78, 5) is 0. The zero-order valence-electron chi connectivity index (χ0n) is 16.3. The second-order valence-electron chi connectivity index (χ2n) is 8.55. The highest BCUT2D eigenvalue weighted by Gasteiger charge is 2.53. The Morgan fingerprint density at radius 1 is 0.957 bits per heavy atom. The molecule has 1 nitrogen and oxygen atoms in total. The molecule has 0 bridgehead atoms. The van der Waals surface area contributed by atoms with Gasteiger partial charge in [0.2, 0.25) is 8.32 Å². The molecule has 0 N–H and O–H groups in total. The monoisotopic (exact) mass is 332 g/mol. The minimum absolute atomic E-state index is 0.156. The van der Waals surface area contributed by atoms with E-state index in [1.54, 1.807) is 0 Å². The van der Waals surface area contributed by atoms with Crippen LogP contribution in [0.25, 0.3) is 0 Å². The Balaban J connectivity index is 3.09. The third-order valence-electron chi connectivity index (χ3n) is 4.61. The highest BCUT2D eigenvalue weighted by molar-refractivity contribution is 6.84. The van der Waals surface area contributed by atoms with Gasteiger partial charge >= 0.3 is 0 Å². The predicted molar refractivity (Wildman–Crippen MR) is 105 cm³/mol. The molecule has 1 aromatic rings. The lowest BCUT2D eigenvalue weighted by atomic mass is 10.2. The molecule has 1 aromatic carbocycles. The lowest BCUT2D eigenvalue weighted by Crippen LogP contribution is -2.53. The van der Waals surface area contributed by atoms with E-state index >= 15 is 0 Å². The van der Waals surface area contributed by atoms with Crippen LogP contribution in [0, 0.1) is 0 Å². The molecule has 2 heteroatoms. The van der Waals surface area contributed by atoms with Crippen LogP contribution >= 0.6 is 0 Å². The predicted octanol–water partition coefficient (Wildman–Crippen LogP) is 7.03. The van der Waals surface area contributed by atoms with E-state index in [1.165, 1.54) is 18.4 Å². The van der Waals surface area contributed by atoms with E-state index in [4.69, 9.17) is 4.43 Å². The van der Waals surface area contributed by atoms with Gasteiger partial charge in [-0.05, 0) is 22.1 Å². The van der Waals surface area contributed by atoms with Crippen LogP contribution in [-0.2, 0) is 11.0 Å². The molecule has 0 aliphatic carbocycles. The molecule has 0 saturated carbocycles. The van der Waals surface area contributed by atoms with Crippen LogP contribution in [-0.4, -0.2) is 8.32 Å². The Labute approximate surface area is 145 Å². The summed E-state index contributed by atoms with van der Waals surface area (Å²) < 4.78 is 6.78. The largest absolute Gasteiger partial charge is 0.408 e. The first-order chi connectivity index (χ1) is 10.6. The molecule has 130 valence electrons. The third kappa shape index (κ3) is 5.32. The Bertz CT molecular complexity index is 463. The van der Waals surface area contributed by atoms with Gasteiger partial charge in [-0.2, -0.15) is 0 Å². The van der Waals surface area contributed by atoms with Gasteiger partial charge in [-0.15, -0.1) is 0 Å². The van der Waals surface area contributed by atoms with E-state index in [9.17, 15) is 0 Å². The molecule has 0 heterocycles. The van der Waals surface area contributed by atoms with Crippen molar-refractivity contribution in [2.24, 2.45) is 0 Å². The number of rotatable bonds is 7. The van der Waals surface area contributed by atoms with Crippen LogP contribution in [0.4, 0.5) is 0 Å². The SMILES string of the molecule is CCCC/C=C/[Si](OCc1ccccc1)(C(C)(C)C)C(C)(C)C. The highest BCUT2D eigenvalue weighted by atomic mass is 28.4. The summed E-state index contributed by atoms with van der Waals surface area (Å²) in [6, 6.07) is 10.6. The van der Waals surface area contributed by atoms with Crippen molar-refractivity contribution in [3.05, 3.63) is 47.7 Å². The van der Waals surface area contributed by atoms with E-state index in [-0.39, 0.29) is 10.1 Å². The fourth-order valence-electron chi connectivity index (χ4n) is 3.45. The number of unbranched alkanes of at least 4 members (excludes halogenated alkanes) is 2. The number of benzene rings is 1. The summed E-state index contributed by atoms with van der Waals surface area (Å²) in [6.07, 6.45) is 6.05. The van der Waals surface area contributed by atoms with Crippen LogP contribution in [0.1, 0.15) is 73.3 Å². The van der Waals surface area contributed by atoms with Crippen molar-refractivity contribution in [3.63, 3.8) is 0 Å². The van der Waals surface area contributed by atoms with Crippen LogP contribution in [0.2, 0.25) is 10.1 Å². The molecule has 0 aliphatic heterocycles. The highest BCUT2D eigenvalue weighted by Crippen LogP contribution is 2.52. The molecular weight excluding hydrogens is 296 g/mol. The van der Waals surface area contributed by atoms with Crippen molar-refractivity contribution in [1.29, 1.82) is 0 Å². The van der Waals surface area contributed by atoms with E-state index < -0.39 is 8.32 Å². The Hall–Kier alpha value is -0.863. The summed E-state index contributed by atoms with van der Waals surface area (Å²) in [7, 11) is -2.11. The Kier molecular flexibility index (Phi) is 7.28. The van der Waals surface area contributed by atoms with Crippen molar-refractivity contribution < 1.29 is 4.43 Å². The maximum atomic E-state index is 6.78. The van der Waals surface area contributed by atoms with Gasteiger partial charge in [0.25, 0.3) is 0 Å². The molecule has 0 radical (unpaired) electrons. The van der Waals surface area contributed by atoms with E-state index in [2.05, 4.69) is 90.6 Å². The molecule has 0 aliphatic rings. The van der Waals surface area contributed by atoms with E-state index in [0.717, 1.165) is 6.42 Å². The molecule has 0 spiro atoms. The van der Waals surface area contributed by atoms with E-state index in [0.29, 0.717) is 6.61 Å². The number of hydrogen-bond donors (Lipinski definition) is 0. The van der Waals surface area contributed by atoms with Crippen molar-refractivity contribution in [3.8, 4) is 0 Å². The summed E-state index contributed by atoms with van der Waals surface area (Å²) in [5, 5.41) is 0.311. The van der Waals surface area contributed by atoms with Gasteiger partial charge in [0.15, 0.2) is 0 Å². The summed E-state index contributed by atoms with van der Waals surface area (Å²) >= 11 is 0. The number of allylic oxidation sites excluding steroid dienone is 1. The molecule has 1 rings (SSSR count). The van der Waals surface area contributed by atoms with Gasteiger partial charge in [-0.1, -0.05) is 103 Å². The van der Waals surface area contributed by atoms with Gasteiger partial charge in [0.1, 0.15) is 0 Å². The minimum atomic E-state index is -2.11. The first-order valence-electron chi connectivity index (χ1n) is 8.99. The summed E-state index contributed by atoms with van der Waals surface area (Å²) in [5.74, 6) is 0. The van der Waals surface area contributed by atoms with Gasteiger partial charge < -0.3 is 4.43 Å². The fourth-order valence-corrected chi connectivity index (χ4v) is 8.55. The van der Waals surface area contributed by atoms with E-state index in [1.807, 2.05) is 0 Å². The van der Waals surface area contributed by atoms with Crippen molar-refractivity contribution in [2.45, 2.75) is 84.4 Å². The first-order valence-corrected chi connectivity index (χ1v) is 11.0. The average molecular weight is 333 g/mol. The molecule has 0 aromatic heterocycles. The molecule has 23 heavy (non-hydrogen) atoms. The zero-order chi connectivity index (χ0) is 17.6. The van der Waals surface area contributed by atoms with Gasteiger partial charge in [0.05, 0.1) is 6.61 Å². The Morgan fingerprint density at radius 3 is 2.00 bits per heavy atom. The standard InChI is InChI=1S/C21H36OSi/c1-8-9-10-14-17-23(20(2,3)4,21(5,6)7)22-18-19-15-12-11-13-16-19/h11-17H,8-10,18H2,1-7H3/b17-14+. The lowest BCUT2D eigenvalue weighted by molar-refractivity contribution is 0.255. The van der Waals surface area contributed by atoms with Crippen LogP contribution in [0.15, 0.2) is 42.1 Å². The second-order valence-corrected chi connectivity index (χ2v) is 13.6. The average Bonchev–Trinajstić information content (AvgIpc) is 2.45. The molecule has 0 saturated heterocycles. The second kappa shape index (κ2) is 8.30. The van der Waals surface area contributed by atoms with Crippen LogP contribution in [0.3, 0.4) is 0 Å². The number of hydrogen-bond acceptors (Lipinski definition) is 1. The topological polar surface area (TPSA) is 9.23 Å². The normalized spacial score (nSPS) is 13.7. The third-order valence-corrected chi connectivity index (χ3v) is 10.4. The molecule has 0 amide bonds. The van der Waals surface area contributed by atoms with Crippen molar-refractivity contribution in [1.82, 2.24) is 0 Å². The lowest BCUT2D eigenvalue weighted by Gasteiger charge is -2.49. The van der Waals surface area contributed by atoms with Gasteiger partial charge in [0, 0.05) is 0 Å². The minimum Gasteiger partial charge on any atom is -0.408 e. The smallest absolute Gasteiger partial charge is 0.227 e. The maximum absolute atomic E-state index is 6.78. The molecular formula is C21H36OSi. The van der Waals surface area contributed by atoms with Crippen molar-refractivity contribution in [2.75, 3.05) is 0 Å². The van der Waals surface area contributed by atoms with Crippen LogP contribution in [0.5, 0.6) is 0 Å². The molecule has 0 unspecified atom stereocenters. The van der Waals surface area contributed by atoms with Crippen molar-refractivity contribution >= 4 is 8.32 Å². The Morgan fingerprint density at radius 2 is 1.52 bits per heavy atom.